The standard InChI is InChI=1S/C36H29N3O/c1-2-30-34(24-14-5-3-6-15-24)31-22-13-23-38(31)36(35(30,34)25-16-7-4-8-17-25)27-19-10-12-21-29(27)39-32(40)26-18-9-11-20-28(26)37-33(36)39/h2-12,14-21,30-31H,1,13,22-23H2/t30-,31-,34+,35+,36-/m1/s1. The molecule has 1 aromatic heterocycles. The molecule has 4 heterocycles. The summed E-state index contributed by atoms with van der Waals surface area (Å²) in [4.78, 5) is 22.6. The summed E-state index contributed by atoms with van der Waals surface area (Å²) in [5.41, 5.74) is 4.37. The number of nitrogens with zero attached hydrogens (tertiary/aromatic N) is 3. The van der Waals surface area contributed by atoms with Crippen molar-refractivity contribution in [3.8, 4) is 5.69 Å². The van der Waals surface area contributed by atoms with E-state index in [-0.39, 0.29) is 22.3 Å². The SMILES string of the molecule is C=C[C@@H]1[C@@]2(c3ccccc3)[C@H]3CCCN3[C@@]3(c4ccccc4-n4c3nc3ccccc3c4=O)[C@@]12c1ccccc1. The fourth-order valence-electron chi connectivity index (χ4n) is 9.76. The molecule has 0 amide bonds. The Morgan fingerprint density at radius 3 is 2.27 bits per heavy atom. The second kappa shape index (κ2) is 7.47. The summed E-state index contributed by atoms with van der Waals surface area (Å²) in [6.45, 7) is 5.45. The first-order valence-electron chi connectivity index (χ1n) is 14.4. The minimum absolute atomic E-state index is 0.0110. The molecular formula is C36H29N3O. The van der Waals surface area contributed by atoms with Crippen LogP contribution in [0.3, 0.4) is 0 Å². The molecule has 3 fully saturated rings. The lowest BCUT2D eigenvalue weighted by molar-refractivity contribution is 0.105. The molecule has 4 nitrogen and oxygen atoms in total. The zero-order valence-corrected chi connectivity index (χ0v) is 22.2. The van der Waals surface area contributed by atoms with Gasteiger partial charge < -0.3 is 0 Å². The first kappa shape index (κ1) is 22.5. The van der Waals surface area contributed by atoms with Gasteiger partial charge in [0, 0.05) is 28.4 Å². The van der Waals surface area contributed by atoms with Gasteiger partial charge in [0.25, 0.3) is 5.56 Å². The van der Waals surface area contributed by atoms with Crippen LogP contribution in [0.1, 0.15) is 35.4 Å². The topological polar surface area (TPSA) is 38.1 Å². The second-order valence-corrected chi connectivity index (χ2v) is 11.8. The minimum Gasteiger partial charge on any atom is -0.282 e. The molecular weight excluding hydrogens is 490 g/mol. The molecule has 1 aliphatic carbocycles. The van der Waals surface area contributed by atoms with E-state index in [0.29, 0.717) is 11.4 Å². The molecule has 4 aromatic carbocycles. The van der Waals surface area contributed by atoms with Crippen LogP contribution >= 0.6 is 0 Å². The Morgan fingerprint density at radius 1 is 0.825 bits per heavy atom. The van der Waals surface area contributed by atoms with Gasteiger partial charge in [-0.3, -0.25) is 14.3 Å². The first-order chi connectivity index (χ1) is 19.7. The highest BCUT2D eigenvalue weighted by atomic mass is 16.1. The van der Waals surface area contributed by atoms with Crippen molar-refractivity contribution in [2.75, 3.05) is 6.54 Å². The van der Waals surface area contributed by atoms with Crippen LogP contribution in [0.4, 0.5) is 0 Å². The number of rotatable bonds is 3. The summed E-state index contributed by atoms with van der Waals surface area (Å²) in [5.74, 6) is 1.03. The van der Waals surface area contributed by atoms with Crippen molar-refractivity contribution in [3.63, 3.8) is 0 Å². The number of aromatic nitrogens is 2. The number of hydrogen-bond acceptors (Lipinski definition) is 3. The number of hydrogen-bond donors (Lipinski definition) is 0. The molecule has 0 N–H and O–H groups in total. The largest absolute Gasteiger partial charge is 0.282 e. The third-order valence-corrected chi connectivity index (χ3v) is 10.7. The van der Waals surface area contributed by atoms with Crippen LogP contribution in [-0.2, 0) is 16.4 Å². The summed E-state index contributed by atoms with van der Waals surface area (Å²) in [6.07, 6.45) is 4.44. The van der Waals surface area contributed by atoms with Crippen LogP contribution in [0.15, 0.2) is 127 Å². The Hall–Kier alpha value is -4.28. The van der Waals surface area contributed by atoms with Crippen molar-refractivity contribution < 1.29 is 0 Å². The summed E-state index contributed by atoms with van der Waals surface area (Å²) in [7, 11) is 0. The second-order valence-electron chi connectivity index (χ2n) is 11.8. The first-order valence-corrected chi connectivity index (χ1v) is 14.4. The quantitative estimate of drug-likeness (QED) is 0.270. The molecule has 0 radical (unpaired) electrons. The lowest BCUT2D eigenvalue weighted by atomic mass is 9.67. The van der Waals surface area contributed by atoms with Gasteiger partial charge in [-0.15, -0.1) is 6.58 Å². The average Bonchev–Trinajstić information content (AvgIpc) is 3.27. The maximum Gasteiger partial charge on any atom is 0.266 e. The highest BCUT2D eigenvalue weighted by Crippen LogP contribution is 2.87. The normalized spacial score (nSPS) is 31.1. The molecule has 9 rings (SSSR count). The number of piperidine rings is 1. The molecule has 0 unspecified atom stereocenters. The Labute approximate surface area is 233 Å². The average molecular weight is 520 g/mol. The van der Waals surface area contributed by atoms with Gasteiger partial charge in [0.05, 0.1) is 16.6 Å². The van der Waals surface area contributed by atoms with Crippen molar-refractivity contribution in [3.05, 3.63) is 155 Å². The zero-order chi connectivity index (χ0) is 26.7. The van der Waals surface area contributed by atoms with Crippen molar-refractivity contribution in [1.82, 2.24) is 14.5 Å². The number of benzene rings is 4. The molecule has 1 saturated carbocycles. The predicted octanol–water partition coefficient (Wildman–Crippen LogP) is 6.11. The van der Waals surface area contributed by atoms with Gasteiger partial charge in [-0.1, -0.05) is 97.1 Å². The van der Waals surface area contributed by atoms with Crippen LogP contribution in [-0.4, -0.2) is 27.0 Å². The van der Waals surface area contributed by atoms with Gasteiger partial charge in [0.1, 0.15) is 11.4 Å². The summed E-state index contributed by atoms with van der Waals surface area (Å²) in [5, 5.41) is 0.660. The molecule has 194 valence electrons. The lowest BCUT2D eigenvalue weighted by Crippen LogP contribution is -2.53. The summed E-state index contributed by atoms with van der Waals surface area (Å²) >= 11 is 0. The van der Waals surface area contributed by atoms with Crippen LogP contribution < -0.4 is 5.56 Å². The smallest absolute Gasteiger partial charge is 0.266 e. The molecule has 4 heteroatoms. The van der Waals surface area contributed by atoms with E-state index in [1.54, 1.807) is 0 Å². The van der Waals surface area contributed by atoms with E-state index in [1.807, 2.05) is 28.8 Å². The van der Waals surface area contributed by atoms with Crippen molar-refractivity contribution in [2.45, 2.75) is 35.3 Å². The molecule has 0 bridgehead atoms. The minimum atomic E-state index is -0.621. The van der Waals surface area contributed by atoms with Gasteiger partial charge in [-0.05, 0) is 48.7 Å². The highest BCUT2D eigenvalue weighted by Gasteiger charge is 2.94. The molecule has 4 aliphatic rings. The molecule has 2 saturated heterocycles. The third kappa shape index (κ3) is 2.15. The highest BCUT2D eigenvalue weighted by molar-refractivity contribution is 5.81. The number of para-hydroxylation sites is 2. The fourth-order valence-corrected chi connectivity index (χ4v) is 9.76. The van der Waals surface area contributed by atoms with E-state index < -0.39 is 5.54 Å². The Morgan fingerprint density at radius 2 is 1.50 bits per heavy atom. The third-order valence-electron chi connectivity index (χ3n) is 10.7. The van der Waals surface area contributed by atoms with Crippen LogP contribution in [0.25, 0.3) is 16.6 Å². The predicted molar refractivity (Wildman–Crippen MR) is 158 cm³/mol. The lowest BCUT2D eigenvalue weighted by Gasteiger charge is -2.44. The van der Waals surface area contributed by atoms with Gasteiger partial charge in [0.2, 0.25) is 0 Å². The van der Waals surface area contributed by atoms with Gasteiger partial charge >= 0.3 is 0 Å². The number of fused-ring (bicyclic) bond motifs is 11. The molecule has 3 aliphatic heterocycles. The zero-order valence-electron chi connectivity index (χ0n) is 22.2. The molecule has 5 atom stereocenters. The van der Waals surface area contributed by atoms with E-state index in [0.717, 1.165) is 36.4 Å². The van der Waals surface area contributed by atoms with Gasteiger partial charge in [-0.25, -0.2) is 4.98 Å². The fraction of sp³-hybridized carbons (Fsp3) is 0.222. The summed E-state index contributed by atoms with van der Waals surface area (Å²) < 4.78 is 1.94. The monoisotopic (exact) mass is 519 g/mol. The summed E-state index contributed by atoms with van der Waals surface area (Å²) in [6, 6.07) is 38.8. The molecule has 5 aromatic rings. The van der Waals surface area contributed by atoms with Crippen molar-refractivity contribution in [2.24, 2.45) is 5.92 Å². The van der Waals surface area contributed by atoms with Crippen molar-refractivity contribution >= 4 is 10.9 Å². The van der Waals surface area contributed by atoms with Crippen molar-refractivity contribution in [1.29, 1.82) is 0 Å². The Balaban J connectivity index is 1.52. The van der Waals surface area contributed by atoms with E-state index in [1.165, 1.54) is 16.7 Å². The van der Waals surface area contributed by atoms with E-state index in [4.69, 9.17) is 4.98 Å². The Bertz CT molecular complexity index is 1910. The van der Waals surface area contributed by atoms with Crippen LogP contribution in [0, 0.1) is 5.92 Å². The molecule has 40 heavy (non-hydrogen) atoms. The number of allylic oxidation sites excluding steroid dienone is 1. The molecule has 1 spiro atoms. The van der Waals surface area contributed by atoms with Gasteiger partial charge in [0.15, 0.2) is 0 Å². The maximum absolute atomic E-state index is 14.4. The van der Waals surface area contributed by atoms with E-state index in [9.17, 15) is 4.79 Å². The van der Waals surface area contributed by atoms with E-state index in [2.05, 4.69) is 102 Å². The van der Waals surface area contributed by atoms with Gasteiger partial charge in [-0.2, -0.15) is 0 Å². The van der Waals surface area contributed by atoms with Crippen LogP contribution in [0.2, 0.25) is 0 Å². The van der Waals surface area contributed by atoms with E-state index >= 15 is 0 Å². The van der Waals surface area contributed by atoms with Crippen LogP contribution in [0.5, 0.6) is 0 Å². The maximum atomic E-state index is 14.4. The Kier molecular flexibility index (Phi) is 4.20.